The molecule has 11 N–H and O–H groups in total. The fraction of sp³-hybridized carbons (Fsp3) is 0.0286. The SMILES string of the molecule is COC(=O)c1nc(N)sc1-c1ccccc1.COC(=O)c1nc(NC(=O)c2nccs2)sc1-c1ccccc1.O=C(Nc1nc(C(=O)Nc2nn[nH]n2)c(-c2ccccc2)s1)c1nccs1.O=C(Nc1nc(C(=O)Nc2nn[nH]n2)c(-c2ccccc2)s1)c1nccs1.O=C(Nc1nc(C(=O)O)c(-c2ccccc2)s1)c1nccs1. The lowest BCUT2D eigenvalue weighted by atomic mass is 10.1. The summed E-state index contributed by atoms with van der Waals surface area (Å²) in [7, 11) is 2.62. The van der Waals surface area contributed by atoms with Crippen molar-refractivity contribution in [3.05, 3.63) is 246 Å². The van der Waals surface area contributed by atoms with Gasteiger partial charge in [0.2, 0.25) is 0 Å². The highest BCUT2D eigenvalue weighted by Crippen LogP contribution is 2.39. The third-order valence-electron chi connectivity index (χ3n) is 14.3. The summed E-state index contributed by atoms with van der Waals surface area (Å²) < 4.78 is 9.43. The topological polar surface area (TPSA) is 515 Å². The molecule has 0 spiro atoms. The monoisotopic (exact) mass is 1710 g/mol. The maximum absolute atomic E-state index is 12.6. The van der Waals surface area contributed by atoms with Crippen LogP contribution in [0.4, 0.5) is 37.6 Å². The lowest BCUT2D eigenvalue weighted by molar-refractivity contribution is 0.0587. The first kappa shape index (κ1) is 80.5. The van der Waals surface area contributed by atoms with Crippen molar-refractivity contribution in [2.45, 2.75) is 0 Å². The summed E-state index contributed by atoms with van der Waals surface area (Å²) in [5.41, 5.74) is 10.4. The molecule has 6 amide bonds. The molecule has 0 bridgehead atoms. The number of anilines is 7. The van der Waals surface area contributed by atoms with E-state index in [1.807, 2.05) is 140 Å². The van der Waals surface area contributed by atoms with Gasteiger partial charge in [0, 0.05) is 46.3 Å². The third-order valence-corrected chi connectivity index (χ3v) is 22.4. The lowest BCUT2D eigenvalue weighted by Gasteiger charge is -2.01. The molecule has 576 valence electrons. The molecule has 0 saturated heterocycles. The number of ether oxygens (including phenoxy) is 2. The quantitative estimate of drug-likeness (QED) is 0.0317. The Balaban J connectivity index is 0.000000134. The van der Waals surface area contributed by atoms with Gasteiger partial charge in [-0.15, -0.1) is 55.5 Å². The number of carboxylic acid groups (broad SMARTS) is 1. The molecule has 0 fully saturated rings. The summed E-state index contributed by atoms with van der Waals surface area (Å²) in [6.45, 7) is 0. The van der Waals surface area contributed by atoms with Gasteiger partial charge in [-0.05, 0) is 38.2 Å². The normalized spacial score (nSPS) is 10.4. The van der Waals surface area contributed by atoms with E-state index in [-0.39, 0.29) is 73.5 Å². The number of esters is 2. The van der Waals surface area contributed by atoms with E-state index in [9.17, 15) is 48.3 Å². The first-order valence-electron chi connectivity index (χ1n) is 32.4. The molecule has 11 aromatic heterocycles. The van der Waals surface area contributed by atoms with Crippen molar-refractivity contribution in [1.82, 2.24) is 86.1 Å². The van der Waals surface area contributed by atoms with Gasteiger partial charge in [0.1, 0.15) is 11.4 Å². The zero-order valence-corrected chi connectivity index (χ0v) is 65.8. The third kappa shape index (κ3) is 21.3. The van der Waals surface area contributed by atoms with Crippen molar-refractivity contribution in [1.29, 1.82) is 0 Å². The molecule has 45 heteroatoms. The molecule has 11 heterocycles. The Kier molecular flexibility index (Phi) is 27.4. The maximum Gasteiger partial charge on any atom is 0.358 e. The fourth-order valence-electron chi connectivity index (χ4n) is 9.38. The number of nitrogens with two attached hydrogens (primary N) is 1. The number of tetrazole rings is 2. The summed E-state index contributed by atoms with van der Waals surface area (Å²) in [6.07, 6.45) is 6.16. The standard InChI is InChI=1S/2C15H10N8O2S2.C15H11N3O3S2.C14H9N3O3S2.C11H10N2O2S/c2*24-11(18-14-20-22-23-21-14)9-10(8-4-2-1-3-5-8)27-15(17-9)19-12(25)13-16-6-7-26-13;1-21-14(20)10-11(9-5-3-2-4-6-9)23-15(17-10)18-12(19)13-16-7-8-22-13;18-11(12-15-6-7-21-12)17-14-16-9(13(19)20)10(22-14)8-4-2-1-3-5-8;1-15-10(14)8-9(16-11(12)13-8)7-5-3-2-4-6-7/h2*1-7H,(H,17,19,25)(H2,18,20,21,22,23,24);2-8H,1H3,(H,17,18,19);1-7H,(H,19,20)(H,16,17,18);2-6H,1H3,(H2,12,13). The number of amides is 6. The Morgan fingerprint density at radius 3 is 0.887 bits per heavy atom. The van der Waals surface area contributed by atoms with Crippen LogP contribution in [0.3, 0.4) is 0 Å². The first-order valence-corrected chi connectivity index (χ1v) is 40.0. The number of aromatic nitrogens is 17. The van der Waals surface area contributed by atoms with Gasteiger partial charge in [-0.25, -0.2) is 59.2 Å². The minimum Gasteiger partial charge on any atom is -0.476 e. The number of methoxy groups -OCH3 is 2. The molecule has 5 aromatic carbocycles. The molecule has 0 saturated carbocycles. The van der Waals surface area contributed by atoms with Crippen molar-refractivity contribution in [3.63, 3.8) is 0 Å². The van der Waals surface area contributed by atoms with Crippen LogP contribution >= 0.6 is 102 Å². The number of aromatic carboxylic acids is 1. The Hall–Kier alpha value is -14.1. The van der Waals surface area contributed by atoms with E-state index in [1.165, 1.54) is 111 Å². The van der Waals surface area contributed by atoms with Crippen molar-refractivity contribution in [2.75, 3.05) is 51.9 Å². The Morgan fingerprint density at radius 1 is 0.348 bits per heavy atom. The molecule has 0 aliphatic rings. The number of rotatable bonds is 20. The van der Waals surface area contributed by atoms with Crippen LogP contribution in [0.2, 0.25) is 0 Å². The maximum atomic E-state index is 12.6. The number of thiazole rings is 9. The Morgan fingerprint density at radius 2 is 0.617 bits per heavy atom. The predicted octanol–water partition coefficient (Wildman–Crippen LogP) is 13.3. The molecular formula is C70H50N24O12S9. The first-order chi connectivity index (χ1) is 56.0. The predicted molar refractivity (Wildman–Crippen MR) is 436 cm³/mol. The number of carboxylic acids is 1. The number of H-pyrrole nitrogens is 2. The average Bonchev–Trinajstić information content (AvgIpc) is 1.67. The molecule has 115 heavy (non-hydrogen) atoms. The number of benzene rings is 5. The molecule has 0 atom stereocenters. The summed E-state index contributed by atoms with van der Waals surface area (Å²) in [5, 5.41) is 60.5. The molecular weight excluding hydrogens is 1660 g/mol. The van der Waals surface area contributed by atoms with Gasteiger partial charge in [-0.2, -0.15) is 10.4 Å². The Labute approximate surface area is 682 Å². The van der Waals surface area contributed by atoms with Gasteiger partial charge >= 0.3 is 17.9 Å². The van der Waals surface area contributed by atoms with Crippen LogP contribution in [0, 0.1) is 0 Å². The number of nitrogens with one attached hydrogen (secondary N) is 8. The van der Waals surface area contributed by atoms with Gasteiger partial charge < -0.3 is 20.3 Å². The number of carbonyl (C=O) groups is 9. The highest BCUT2D eigenvalue weighted by atomic mass is 32.1. The van der Waals surface area contributed by atoms with Crippen molar-refractivity contribution >= 4 is 193 Å². The summed E-state index contributed by atoms with van der Waals surface area (Å²) in [6, 6.07) is 46.5. The summed E-state index contributed by atoms with van der Waals surface area (Å²) >= 11 is 10.8. The number of carbonyl (C=O) groups excluding carboxylic acids is 8. The highest BCUT2D eigenvalue weighted by Gasteiger charge is 2.28. The molecule has 16 rings (SSSR count). The minimum atomic E-state index is -1.13. The van der Waals surface area contributed by atoms with Gasteiger partial charge in [-0.3, -0.25) is 60.7 Å². The zero-order valence-electron chi connectivity index (χ0n) is 58.5. The van der Waals surface area contributed by atoms with Crippen LogP contribution in [0.15, 0.2) is 198 Å². The minimum absolute atomic E-state index is 0.0281. The second-order valence-corrected chi connectivity index (χ2v) is 30.3. The van der Waals surface area contributed by atoms with Gasteiger partial charge in [-0.1, -0.05) is 219 Å². The van der Waals surface area contributed by atoms with E-state index < -0.39 is 35.6 Å². The second-order valence-electron chi connectivity index (χ2n) is 21.7. The lowest BCUT2D eigenvalue weighted by Crippen LogP contribution is -2.15. The van der Waals surface area contributed by atoms with Crippen molar-refractivity contribution < 1.29 is 57.7 Å². The van der Waals surface area contributed by atoms with Gasteiger partial charge in [0.25, 0.3) is 47.3 Å². The van der Waals surface area contributed by atoms with Gasteiger partial charge in [0.05, 0.1) is 38.6 Å². The smallest absolute Gasteiger partial charge is 0.358 e. The van der Waals surface area contributed by atoms with E-state index >= 15 is 0 Å². The van der Waals surface area contributed by atoms with Crippen LogP contribution in [0.1, 0.15) is 91.7 Å². The largest absolute Gasteiger partial charge is 0.476 e. The summed E-state index contributed by atoms with van der Waals surface area (Å²) in [5.74, 6) is -4.65. The molecule has 0 unspecified atom stereocenters. The van der Waals surface area contributed by atoms with Gasteiger partial charge in [0.15, 0.2) is 62.8 Å². The van der Waals surface area contributed by atoms with Crippen molar-refractivity contribution in [3.8, 4) is 52.2 Å². The van der Waals surface area contributed by atoms with E-state index in [2.05, 4.69) is 123 Å². The van der Waals surface area contributed by atoms with E-state index in [4.69, 9.17) is 10.5 Å². The molecule has 0 radical (unpaired) electrons. The van der Waals surface area contributed by atoms with E-state index in [1.54, 1.807) is 52.2 Å². The van der Waals surface area contributed by atoms with Crippen LogP contribution in [-0.2, 0) is 9.47 Å². The highest BCUT2D eigenvalue weighted by molar-refractivity contribution is 7.21. The molecule has 36 nitrogen and oxygen atoms in total. The number of hydrogen-bond donors (Lipinski definition) is 10. The van der Waals surface area contributed by atoms with E-state index in [0.29, 0.717) is 49.8 Å². The fourth-order valence-corrected chi connectivity index (χ4v) is 16.2. The zero-order chi connectivity index (χ0) is 80.6. The van der Waals surface area contributed by atoms with Crippen LogP contribution < -0.4 is 37.6 Å². The molecule has 16 aromatic rings. The average molecular weight is 1710 g/mol. The number of hydrogen-bond acceptors (Lipinski definition) is 36. The van der Waals surface area contributed by atoms with Crippen LogP contribution in [-0.4, -0.2) is 159 Å². The number of nitrogens with zero attached hydrogens (tertiary/aromatic N) is 15. The second kappa shape index (κ2) is 39.2. The number of nitrogen functional groups attached to an aromatic ring is 1. The summed E-state index contributed by atoms with van der Waals surface area (Å²) in [4.78, 5) is 148. The van der Waals surface area contributed by atoms with Crippen LogP contribution in [0.25, 0.3) is 52.2 Å². The van der Waals surface area contributed by atoms with E-state index in [0.717, 1.165) is 44.0 Å². The molecule has 0 aliphatic carbocycles. The van der Waals surface area contributed by atoms with Crippen LogP contribution in [0.5, 0.6) is 0 Å². The molecule has 0 aliphatic heterocycles. The number of aromatic amines is 2. The van der Waals surface area contributed by atoms with Crippen molar-refractivity contribution in [2.24, 2.45) is 0 Å². The Bertz CT molecular complexity index is 5770.